The predicted molar refractivity (Wildman–Crippen MR) is 76.0 cm³/mol. The molecule has 20 heavy (non-hydrogen) atoms. The quantitative estimate of drug-likeness (QED) is 0.620. The van der Waals surface area contributed by atoms with E-state index in [9.17, 15) is 9.18 Å². The molecule has 0 bridgehead atoms. The highest BCUT2D eigenvalue weighted by atomic mass is 35.5. The number of benzene rings is 2. The van der Waals surface area contributed by atoms with Gasteiger partial charge >= 0.3 is 5.97 Å². The molecule has 104 valence electrons. The van der Waals surface area contributed by atoms with Crippen LogP contribution < -0.4 is 0 Å². The lowest BCUT2D eigenvalue weighted by atomic mass is 10.1. The summed E-state index contributed by atoms with van der Waals surface area (Å²) in [6, 6.07) is 15.6. The molecule has 2 nitrogen and oxygen atoms in total. The number of rotatable bonds is 5. The van der Waals surface area contributed by atoms with E-state index in [2.05, 4.69) is 0 Å². The van der Waals surface area contributed by atoms with Gasteiger partial charge in [0.2, 0.25) is 0 Å². The van der Waals surface area contributed by atoms with Gasteiger partial charge in [-0.25, -0.2) is 4.39 Å². The number of carbonyl (C=O) groups excluding carboxylic acids is 1. The number of alkyl halides is 1. The Morgan fingerprint density at radius 2 is 1.75 bits per heavy atom. The minimum Gasteiger partial charge on any atom is -0.460 e. The van der Waals surface area contributed by atoms with Crippen molar-refractivity contribution in [3.05, 3.63) is 71.5 Å². The van der Waals surface area contributed by atoms with E-state index in [4.69, 9.17) is 16.3 Å². The monoisotopic (exact) mass is 292 g/mol. The number of hydrogen-bond donors (Lipinski definition) is 0. The van der Waals surface area contributed by atoms with Crippen molar-refractivity contribution in [3.8, 4) is 0 Å². The minimum absolute atomic E-state index is 0.113. The molecule has 0 saturated heterocycles. The Hall–Kier alpha value is -1.87. The fourth-order valence-electron chi connectivity index (χ4n) is 1.76. The first-order valence-electron chi connectivity index (χ1n) is 6.25. The molecule has 0 N–H and O–H groups in total. The first kappa shape index (κ1) is 14.5. The molecule has 0 aliphatic carbocycles. The van der Waals surface area contributed by atoms with Crippen LogP contribution in [0.3, 0.4) is 0 Å². The van der Waals surface area contributed by atoms with Crippen molar-refractivity contribution < 1.29 is 13.9 Å². The normalized spacial score (nSPS) is 11.9. The van der Waals surface area contributed by atoms with Crippen LogP contribution in [0.5, 0.6) is 0 Å². The summed E-state index contributed by atoms with van der Waals surface area (Å²) in [6.07, 6.45) is 0.113. The zero-order chi connectivity index (χ0) is 14.4. The van der Waals surface area contributed by atoms with Gasteiger partial charge in [-0.2, -0.15) is 0 Å². The van der Waals surface area contributed by atoms with Crippen LogP contribution in [0, 0.1) is 5.82 Å². The summed E-state index contributed by atoms with van der Waals surface area (Å²) in [5, 5.41) is -0.893. The second kappa shape index (κ2) is 7.06. The zero-order valence-corrected chi connectivity index (χ0v) is 11.5. The van der Waals surface area contributed by atoms with E-state index in [-0.39, 0.29) is 18.8 Å². The number of carbonyl (C=O) groups is 1. The standard InChI is InChI=1S/C16H14ClFO2/c17-14(10-13-8-4-5-9-15(13)18)16(19)20-11-12-6-2-1-3-7-12/h1-9,14H,10-11H2/t14-/m0/s1. The van der Waals surface area contributed by atoms with Crippen LogP contribution in [0.15, 0.2) is 54.6 Å². The highest BCUT2D eigenvalue weighted by Crippen LogP contribution is 2.14. The van der Waals surface area contributed by atoms with Crippen molar-refractivity contribution in [2.75, 3.05) is 0 Å². The molecule has 0 spiro atoms. The number of esters is 1. The fourth-order valence-corrected chi connectivity index (χ4v) is 1.99. The van der Waals surface area contributed by atoms with Crippen molar-refractivity contribution in [2.45, 2.75) is 18.4 Å². The molecule has 2 aromatic rings. The van der Waals surface area contributed by atoms with Gasteiger partial charge in [-0.05, 0) is 17.2 Å². The topological polar surface area (TPSA) is 26.3 Å². The average molecular weight is 293 g/mol. The van der Waals surface area contributed by atoms with Crippen LogP contribution in [-0.4, -0.2) is 11.3 Å². The molecule has 0 amide bonds. The summed E-state index contributed by atoms with van der Waals surface area (Å²) in [7, 11) is 0. The van der Waals surface area contributed by atoms with Crippen molar-refractivity contribution >= 4 is 17.6 Å². The highest BCUT2D eigenvalue weighted by molar-refractivity contribution is 6.30. The van der Waals surface area contributed by atoms with Crippen molar-refractivity contribution in [2.24, 2.45) is 0 Å². The molecule has 0 aliphatic rings. The first-order chi connectivity index (χ1) is 9.66. The van der Waals surface area contributed by atoms with E-state index in [1.54, 1.807) is 18.2 Å². The summed E-state index contributed by atoms with van der Waals surface area (Å²) in [5.41, 5.74) is 1.29. The zero-order valence-electron chi connectivity index (χ0n) is 10.8. The van der Waals surface area contributed by atoms with Crippen molar-refractivity contribution in [3.63, 3.8) is 0 Å². The third kappa shape index (κ3) is 4.07. The molecule has 0 fully saturated rings. The second-order valence-corrected chi connectivity index (χ2v) is 4.88. The summed E-state index contributed by atoms with van der Waals surface area (Å²) in [6.45, 7) is 0.167. The number of halogens is 2. The summed E-state index contributed by atoms with van der Waals surface area (Å²) < 4.78 is 18.6. The van der Waals surface area contributed by atoms with Gasteiger partial charge in [0.25, 0.3) is 0 Å². The molecule has 0 radical (unpaired) electrons. The fraction of sp³-hybridized carbons (Fsp3) is 0.188. The Kier molecular flexibility index (Phi) is 5.13. The highest BCUT2D eigenvalue weighted by Gasteiger charge is 2.19. The van der Waals surface area contributed by atoms with Crippen molar-refractivity contribution in [1.29, 1.82) is 0 Å². The van der Waals surface area contributed by atoms with E-state index in [1.807, 2.05) is 30.3 Å². The van der Waals surface area contributed by atoms with Crippen LogP contribution >= 0.6 is 11.6 Å². The largest absolute Gasteiger partial charge is 0.460 e. The Bertz CT molecular complexity index is 572. The van der Waals surface area contributed by atoms with Gasteiger partial charge in [0, 0.05) is 6.42 Å². The first-order valence-corrected chi connectivity index (χ1v) is 6.68. The summed E-state index contributed by atoms with van der Waals surface area (Å²) in [5.74, 6) is -0.909. The van der Waals surface area contributed by atoms with Gasteiger partial charge in [0.05, 0.1) is 0 Å². The lowest BCUT2D eigenvalue weighted by molar-refractivity contribution is -0.144. The Labute approximate surface area is 122 Å². The third-order valence-corrected chi connectivity index (χ3v) is 3.17. The van der Waals surface area contributed by atoms with E-state index in [0.717, 1.165) is 5.56 Å². The SMILES string of the molecule is O=C(OCc1ccccc1)[C@@H](Cl)Cc1ccccc1F. The minimum atomic E-state index is -0.893. The van der Waals surface area contributed by atoms with Crippen LogP contribution in [0.4, 0.5) is 4.39 Å². The molecular formula is C16H14ClFO2. The molecule has 0 aromatic heterocycles. The molecule has 0 aliphatic heterocycles. The molecule has 0 saturated carbocycles. The average Bonchev–Trinajstić information content (AvgIpc) is 2.48. The van der Waals surface area contributed by atoms with Crippen molar-refractivity contribution in [1.82, 2.24) is 0 Å². The lowest BCUT2D eigenvalue weighted by Crippen LogP contribution is -2.20. The van der Waals surface area contributed by atoms with E-state index in [1.165, 1.54) is 6.07 Å². The number of ether oxygens (including phenoxy) is 1. The van der Waals surface area contributed by atoms with Crippen LogP contribution in [0.25, 0.3) is 0 Å². The van der Waals surface area contributed by atoms with Gasteiger partial charge in [0.1, 0.15) is 17.8 Å². The molecule has 1 atom stereocenters. The van der Waals surface area contributed by atoms with Gasteiger partial charge in [0.15, 0.2) is 0 Å². The molecular weight excluding hydrogens is 279 g/mol. The molecule has 0 unspecified atom stereocenters. The Morgan fingerprint density at radius 3 is 2.45 bits per heavy atom. The maximum absolute atomic E-state index is 13.5. The third-order valence-electron chi connectivity index (χ3n) is 2.84. The van der Waals surface area contributed by atoms with Gasteiger partial charge in [-0.15, -0.1) is 11.6 Å². The van der Waals surface area contributed by atoms with Gasteiger partial charge in [-0.3, -0.25) is 4.79 Å². The maximum Gasteiger partial charge on any atom is 0.324 e. The Morgan fingerprint density at radius 1 is 1.10 bits per heavy atom. The van der Waals surface area contributed by atoms with Crippen LogP contribution in [0.1, 0.15) is 11.1 Å². The molecule has 2 rings (SSSR count). The van der Waals surface area contributed by atoms with E-state index < -0.39 is 11.3 Å². The molecule has 4 heteroatoms. The smallest absolute Gasteiger partial charge is 0.324 e. The molecule has 2 aromatic carbocycles. The maximum atomic E-state index is 13.5. The van der Waals surface area contributed by atoms with E-state index in [0.29, 0.717) is 5.56 Å². The van der Waals surface area contributed by atoms with Crippen LogP contribution in [-0.2, 0) is 22.6 Å². The predicted octanol–water partition coefficient (Wildman–Crippen LogP) is 3.72. The summed E-state index contributed by atoms with van der Waals surface area (Å²) in [4.78, 5) is 11.8. The molecule has 0 heterocycles. The lowest BCUT2D eigenvalue weighted by Gasteiger charge is -2.10. The Balaban J connectivity index is 1.88. The second-order valence-electron chi connectivity index (χ2n) is 4.36. The van der Waals surface area contributed by atoms with Gasteiger partial charge < -0.3 is 4.74 Å². The van der Waals surface area contributed by atoms with Crippen LogP contribution in [0.2, 0.25) is 0 Å². The number of hydrogen-bond acceptors (Lipinski definition) is 2. The van der Waals surface area contributed by atoms with Gasteiger partial charge in [-0.1, -0.05) is 48.5 Å². The summed E-state index contributed by atoms with van der Waals surface area (Å²) >= 11 is 5.96. The van der Waals surface area contributed by atoms with E-state index >= 15 is 0 Å².